The van der Waals surface area contributed by atoms with E-state index in [-0.39, 0.29) is 6.61 Å². The van der Waals surface area contributed by atoms with E-state index in [0.29, 0.717) is 12.3 Å². The lowest BCUT2D eigenvalue weighted by molar-refractivity contribution is -0.130. The zero-order chi connectivity index (χ0) is 6.53. The van der Waals surface area contributed by atoms with Crippen molar-refractivity contribution in [3.63, 3.8) is 0 Å². The lowest BCUT2D eigenvalue weighted by Gasteiger charge is -1.89. The molecule has 1 rings (SSSR count). The molecule has 0 aliphatic rings. The Labute approximate surface area is 51.1 Å². The summed E-state index contributed by atoms with van der Waals surface area (Å²) in [5, 5.41) is 6.07. The summed E-state index contributed by atoms with van der Waals surface area (Å²) in [4.78, 5) is 13.3. The highest BCUT2D eigenvalue weighted by Gasteiger charge is 1.91. The Balaban J connectivity index is 2.38. The van der Waals surface area contributed by atoms with E-state index in [1.54, 1.807) is 0 Å². The van der Waals surface area contributed by atoms with Crippen molar-refractivity contribution in [2.45, 2.75) is 6.61 Å². The van der Waals surface area contributed by atoms with E-state index in [4.69, 9.17) is 0 Å². The molecule has 0 saturated carbocycles. The van der Waals surface area contributed by atoms with Crippen molar-refractivity contribution < 1.29 is 9.53 Å². The van der Waals surface area contributed by atoms with Gasteiger partial charge in [-0.05, 0) is 0 Å². The first-order valence-corrected chi connectivity index (χ1v) is 2.33. The van der Waals surface area contributed by atoms with Crippen LogP contribution in [-0.2, 0) is 16.1 Å². The molecule has 48 valence electrons. The molecule has 1 aromatic rings. The molecule has 0 aliphatic heterocycles. The Morgan fingerprint density at radius 1 is 1.89 bits per heavy atom. The van der Waals surface area contributed by atoms with Crippen LogP contribution in [0.5, 0.6) is 0 Å². The molecule has 0 fully saturated rings. The third-order valence-electron chi connectivity index (χ3n) is 0.753. The summed E-state index contributed by atoms with van der Waals surface area (Å²) in [6.07, 6.45) is 1.35. The largest absolute Gasteiger partial charge is 0.460 e. The van der Waals surface area contributed by atoms with Gasteiger partial charge in [0.25, 0.3) is 6.47 Å². The molecule has 5 heteroatoms. The van der Waals surface area contributed by atoms with Gasteiger partial charge in [-0.25, -0.2) is 4.98 Å². The highest BCUT2D eigenvalue weighted by Crippen LogP contribution is 1.85. The summed E-state index contributed by atoms with van der Waals surface area (Å²) in [6.45, 7) is 0.520. The Hall–Kier alpha value is -1.39. The average molecular weight is 127 g/mol. The van der Waals surface area contributed by atoms with Gasteiger partial charge in [0.05, 0.1) is 0 Å². The van der Waals surface area contributed by atoms with Crippen molar-refractivity contribution in [2.24, 2.45) is 0 Å². The van der Waals surface area contributed by atoms with Crippen LogP contribution in [0.15, 0.2) is 6.33 Å². The lowest BCUT2D eigenvalue weighted by Crippen LogP contribution is -1.91. The van der Waals surface area contributed by atoms with Gasteiger partial charge in [-0.3, -0.25) is 9.89 Å². The average Bonchev–Trinajstić information content (AvgIpc) is 2.34. The van der Waals surface area contributed by atoms with Gasteiger partial charge in [0, 0.05) is 0 Å². The highest BCUT2D eigenvalue weighted by atomic mass is 16.5. The summed E-state index contributed by atoms with van der Waals surface area (Å²) in [5.41, 5.74) is 0. The number of hydrogen-bond donors (Lipinski definition) is 1. The normalized spacial score (nSPS) is 8.89. The maximum absolute atomic E-state index is 9.62. The topological polar surface area (TPSA) is 67.9 Å². The number of ether oxygens (including phenoxy) is 1. The van der Waals surface area contributed by atoms with Crippen LogP contribution in [0, 0.1) is 0 Å². The van der Waals surface area contributed by atoms with Crippen LogP contribution in [0.2, 0.25) is 0 Å². The molecule has 0 aliphatic carbocycles. The zero-order valence-electron chi connectivity index (χ0n) is 4.57. The number of nitrogens with one attached hydrogen (secondary N) is 1. The fourth-order valence-corrected chi connectivity index (χ4v) is 0.413. The van der Waals surface area contributed by atoms with E-state index < -0.39 is 0 Å². The maximum atomic E-state index is 9.62. The molecule has 0 bridgehead atoms. The second kappa shape index (κ2) is 2.81. The third-order valence-corrected chi connectivity index (χ3v) is 0.753. The quantitative estimate of drug-likeness (QED) is 0.554. The molecule has 0 radical (unpaired) electrons. The van der Waals surface area contributed by atoms with Gasteiger partial charge in [-0.15, -0.1) is 0 Å². The van der Waals surface area contributed by atoms with E-state index in [1.165, 1.54) is 6.33 Å². The molecule has 1 N–H and O–H groups in total. The lowest BCUT2D eigenvalue weighted by atomic mass is 10.7. The maximum Gasteiger partial charge on any atom is 0.293 e. The number of nitrogens with zero attached hydrogens (tertiary/aromatic N) is 2. The molecular formula is C4H5N3O2. The first kappa shape index (κ1) is 5.74. The van der Waals surface area contributed by atoms with E-state index >= 15 is 0 Å². The molecule has 0 saturated heterocycles. The number of carbonyl (C=O) groups excluding carboxylic acids is 1. The molecular weight excluding hydrogens is 122 g/mol. The summed E-state index contributed by atoms with van der Waals surface area (Å²) < 4.78 is 4.36. The van der Waals surface area contributed by atoms with Crippen molar-refractivity contribution in [2.75, 3.05) is 0 Å². The first-order chi connectivity index (χ1) is 4.43. The molecule has 0 amide bonds. The van der Waals surface area contributed by atoms with Crippen LogP contribution < -0.4 is 0 Å². The number of aromatic nitrogens is 3. The fourth-order valence-electron chi connectivity index (χ4n) is 0.413. The minimum absolute atomic E-state index is 0.156. The molecule has 1 aromatic heterocycles. The van der Waals surface area contributed by atoms with Gasteiger partial charge in [-0.1, -0.05) is 0 Å². The third kappa shape index (κ3) is 1.52. The van der Waals surface area contributed by atoms with Crippen molar-refractivity contribution >= 4 is 6.47 Å². The van der Waals surface area contributed by atoms with Crippen molar-refractivity contribution in [3.05, 3.63) is 12.2 Å². The molecule has 0 aromatic carbocycles. The second-order valence-electron chi connectivity index (χ2n) is 1.34. The number of carbonyl (C=O) groups is 1. The minimum atomic E-state index is 0.156. The minimum Gasteiger partial charge on any atom is -0.460 e. The molecule has 0 spiro atoms. The van der Waals surface area contributed by atoms with Crippen molar-refractivity contribution in [3.8, 4) is 0 Å². The van der Waals surface area contributed by atoms with Crippen LogP contribution in [0.1, 0.15) is 5.82 Å². The molecule has 5 nitrogen and oxygen atoms in total. The predicted octanol–water partition coefficient (Wildman–Crippen LogP) is -0.522. The predicted molar refractivity (Wildman–Crippen MR) is 27.2 cm³/mol. The smallest absolute Gasteiger partial charge is 0.293 e. The molecule has 9 heavy (non-hydrogen) atoms. The van der Waals surface area contributed by atoms with Crippen molar-refractivity contribution in [1.29, 1.82) is 0 Å². The SMILES string of the molecule is O=COCc1ncn[nH]1. The summed E-state index contributed by atoms with van der Waals surface area (Å²) in [6, 6.07) is 0. The van der Waals surface area contributed by atoms with Gasteiger partial charge < -0.3 is 4.74 Å². The summed E-state index contributed by atoms with van der Waals surface area (Å²) in [7, 11) is 0. The van der Waals surface area contributed by atoms with Crippen LogP contribution in [0.4, 0.5) is 0 Å². The second-order valence-corrected chi connectivity index (χ2v) is 1.34. The van der Waals surface area contributed by atoms with Crippen LogP contribution in [0.3, 0.4) is 0 Å². The number of hydrogen-bond acceptors (Lipinski definition) is 4. The number of H-pyrrole nitrogens is 1. The Morgan fingerprint density at radius 2 is 2.78 bits per heavy atom. The van der Waals surface area contributed by atoms with Gasteiger partial charge in [0.1, 0.15) is 6.33 Å². The standard InChI is InChI=1S/C4H5N3O2/c8-3-9-1-4-5-2-6-7-4/h2-3H,1H2,(H,5,6,7). The first-order valence-electron chi connectivity index (χ1n) is 2.33. The van der Waals surface area contributed by atoms with Gasteiger partial charge in [0.2, 0.25) is 0 Å². The van der Waals surface area contributed by atoms with Crippen LogP contribution in [-0.4, -0.2) is 21.7 Å². The van der Waals surface area contributed by atoms with Crippen LogP contribution in [0.25, 0.3) is 0 Å². The Morgan fingerprint density at radius 3 is 3.33 bits per heavy atom. The van der Waals surface area contributed by atoms with Crippen LogP contribution >= 0.6 is 0 Å². The summed E-state index contributed by atoms with van der Waals surface area (Å²) >= 11 is 0. The fraction of sp³-hybridized carbons (Fsp3) is 0.250. The molecule has 1 heterocycles. The Kier molecular flexibility index (Phi) is 1.79. The number of aromatic amines is 1. The van der Waals surface area contributed by atoms with Gasteiger partial charge in [0.15, 0.2) is 12.4 Å². The van der Waals surface area contributed by atoms with E-state index in [9.17, 15) is 4.79 Å². The highest BCUT2D eigenvalue weighted by molar-refractivity contribution is 5.36. The van der Waals surface area contributed by atoms with E-state index in [2.05, 4.69) is 19.9 Å². The van der Waals surface area contributed by atoms with E-state index in [0.717, 1.165) is 0 Å². The van der Waals surface area contributed by atoms with Crippen molar-refractivity contribution in [1.82, 2.24) is 15.2 Å². The monoisotopic (exact) mass is 127 g/mol. The summed E-state index contributed by atoms with van der Waals surface area (Å²) in [5.74, 6) is 0.544. The zero-order valence-corrected chi connectivity index (χ0v) is 4.57. The Bertz CT molecular complexity index is 172. The van der Waals surface area contributed by atoms with E-state index in [1.807, 2.05) is 0 Å². The molecule has 0 atom stereocenters. The van der Waals surface area contributed by atoms with Gasteiger partial charge in [-0.2, -0.15) is 5.10 Å². The van der Waals surface area contributed by atoms with Gasteiger partial charge >= 0.3 is 0 Å². The number of rotatable bonds is 3. The molecule has 0 unspecified atom stereocenters.